The Labute approximate surface area is 68.1 Å². The zero-order chi connectivity index (χ0) is 6.69. The highest BCUT2D eigenvalue weighted by molar-refractivity contribution is 14.1. The van der Waals surface area contributed by atoms with E-state index in [0.29, 0.717) is 17.0 Å². The molecule has 1 rings (SSSR count). The van der Waals surface area contributed by atoms with Crippen LogP contribution in [0.5, 0.6) is 0 Å². The van der Waals surface area contributed by atoms with Crippen LogP contribution in [0.15, 0.2) is 0 Å². The third-order valence-electron chi connectivity index (χ3n) is 1.36. The molecule has 0 radical (unpaired) electrons. The van der Waals surface area contributed by atoms with Gasteiger partial charge in [-0.3, -0.25) is 4.79 Å². The lowest BCUT2D eigenvalue weighted by Gasteiger charge is -1.98. The predicted octanol–water partition coefficient (Wildman–Crippen LogP) is 1.52. The minimum Gasteiger partial charge on any atom is -0.466 e. The molecule has 1 heterocycles. The van der Waals surface area contributed by atoms with Crippen LogP contribution in [0.1, 0.15) is 19.3 Å². The molecule has 1 atom stereocenters. The maximum absolute atomic E-state index is 10.6. The van der Waals surface area contributed by atoms with Crippen molar-refractivity contribution in [1.29, 1.82) is 0 Å². The molecule has 1 aliphatic heterocycles. The lowest BCUT2D eigenvalue weighted by Crippen LogP contribution is -2.00. The molecule has 1 fully saturated rings. The van der Waals surface area contributed by atoms with Crippen molar-refractivity contribution in [3.63, 3.8) is 0 Å². The normalized spacial score (nSPS) is 29.0. The van der Waals surface area contributed by atoms with E-state index in [4.69, 9.17) is 4.74 Å². The molecule has 0 amide bonds. The van der Waals surface area contributed by atoms with E-state index in [1.165, 1.54) is 0 Å². The fourth-order valence-electron chi connectivity index (χ4n) is 0.792. The van der Waals surface area contributed by atoms with E-state index in [1.54, 1.807) is 0 Å². The molecule has 0 bridgehead atoms. The minimum atomic E-state index is -0.0332. The predicted molar refractivity (Wildman–Crippen MR) is 42.6 cm³/mol. The SMILES string of the molecule is O=C1CCC(I)CCO1. The van der Waals surface area contributed by atoms with Crippen LogP contribution in [0.2, 0.25) is 0 Å². The van der Waals surface area contributed by atoms with Gasteiger partial charge in [-0.05, 0) is 12.8 Å². The van der Waals surface area contributed by atoms with Crippen LogP contribution in [-0.2, 0) is 9.53 Å². The van der Waals surface area contributed by atoms with Crippen molar-refractivity contribution in [3.05, 3.63) is 0 Å². The Hall–Kier alpha value is 0.200. The molecular formula is C6H9IO2. The topological polar surface area (TPSA) is 26.3 Å². The Morgan fingerprint density at radius 1 is 1.56 bits per heavy atom. The molecule has 0 aromatic heterocycles. The van der Waals surface area contributed by atoms with Crippen molar-refractivity contribution >= 4 is 28.6 Å². The van der Waals surface area contributed by atoms with Crippen molar-refractivity contribution < 1.29 is 9.53 Å². The van der Waals surface area contributed by atoms with Gasteiger partial charge >= 0.3 is 5.97 Å². The molecule has 0 spiro atoms. The van der Waals surface area contributed by atoms with Crippen LogP contribution in [0.4, 0.5) is 0 Å². The number of rotatable bonds is 0. The molecule has 0 saturated carbocycles. The number of carbonyl (C=O) groups is 1. The largest absolute Gasteiger partial charge is 0.466 e. The van der Waals surface area contributed by atoms with E-state index in [9.17, 15) is 4.79 Å². The lowest BCUT2D eigenvalue weighted by atomic mass is 10.2. The Bertz CT molecular complexity index is 114. The van der Waals surface area contributed by atoms with Crippen molar-refractivity contribution in [2.45, 2.75) is 23.2 Å². The van der Waals surface area contributed by atoms with E-state index in [-0.39, 0.29) is 5.97 Å². The second-order valence-electron chi connectivity index (χ2n) is 2.15. The summed E-state index contributed by atoms with van der Waals surface area (Å²) in [5.74, 6) is -0.0332. The quantitative estimate of drug-likeness (QED) is 0.364. The second-order valence-corrected chi connectivity index (χ2v) is 3.91. The first-order valence-electron chi connectivity index (χ1n) is 3.09. The highest BCUT2D eigenvalue weighted by atomic mass is 127. The summed E-state index contributed by atoms with van der Waals surface area (Å²) >= 11 is 2.36. The van der Waals surface area contributed by atoms with Crippen molar-refractivity contribution in [1.82, 2.24) is 0 Å². The van der Waals surface area contributed by atoms with Crippen molar-refractivity contribution in [2.75, 3.05) is 6.61 Å². The van der Waals surface area contributed by atoms with E-state index in [0.717, 1.165) is 12.8 Å². The monoisotopic (exact) mass is 240 g/mol. The maximum atomic E-state index is 10.6. The summed E-state index contributed by atoms with van der Waals surface area (Å²) in [6.07, 6.45) is 2.61. The Morgan fingerprint density at radius 2 is 2.33 bits per heavy atom. The van der Waals surface area contributed by atoms with Gasteiger partial charge in [0.2, 0.25) is 0 Å². The fourth-order valence-corrected chi connectivity index (χ4v) is 1.36. The molecule has 52 valence electrons. The van der Waals surface area contributed by atoms with Crippen LogP contribution in [-0.4, -0.2) is 16.5 Å². The van der Waals surface area contributed by atoms with Crippen molar-refractivity contribution in [3.8, 4) is 0 Å². The standard InChI is InChI=1S/C6H9IO2/c7-5-1-2-6(8)9-4-3-5/h5H,1-4H2. The zero-order valence-corrected chi connectivity index (χ0v) is 7.26. The third-order valence-corrected chi connectivity index (χ3v) is 2.60. The first-order valence-corrected chi connectivity index (χ1v) is 4.33. The maximum Gasteiger partial charge on any atom is 0.305 e. The van der Waals surface area contributed by atoms with Crippen LogP contribution in [0.25, 0.3) is 0 Å². The van der Waals surface area contributed by atoms with Gasteiger partial charge in [0.25, 0.3) is 0 Å². The molecule has 0 aliphatic carbocycles. The van der Waals surface area contributed by atoms with Crippen molar-refractivity contribution in [2.24, 2.45) is 0 Å². The Kier molecular flexibility index (Phi) is 2.75. The molecular weight excluding hydrogens is 231 g/mol. The zero-order valence-electron chi connectivity index (χ0n) is 5.10. The number of alkyl halides is 1. The van der Waals surface area contributed by atoms with Gasteiger partial charge in [-0.25, -0.2) is 0 Å². The van der Waals surface area contributed by atoms with Gasteiger partial charge in [0.1, 0.15) is 0 Å². The lowest BCUT2D eigenvalue weighted by molar-refractivity contribution is -0.142. The molecule has 0 N–H and O–H groups in total. The number of esters is 1. The molecule has 0 aromatic rings. The average Bonchev–Trinajstić information content (AvgIpc) is 1.97. The van der Waals surface area contributed by atoms with Crippen LogP contribution < -0.4 is 0 Å². The minimum absolute atomic E-state index is 0.0332. The van der Waals surface area contributed by atoms with Gasteiger partial charge in [0, 0.05) is 10.3 Å². The molecule has 2 nitrogen and oxygen atoms in total. The van der Waals surface area contributed by atoms with E-state index < -0.39 is 0 Å². The third kappa shape index (κ3) is 2.51. The van der Waals surface area contributed by atoms with Gasteiger partial charge < -0.3 is 4.74 Å². The van der Waals surface area contributed by atoms with E-state index in [2.05, 4.69) is 22.6 Å². The fraction of sp³-hybridized carbons (Fsp3) is 0.833. The summed E-state index contributed by atoms with van der Waals surface area (Å²) in [6.45, 7) is 0.617. The molecule has 0 aromatic carbocycles. The first-order chi connectivity index (χ1) is 4.29. The molecule has 1 aliphatic rings. The summed E-state index contributed by atoms with van der Waals surface area (Å²) in [5, 5.41) is 0. The van der Waals surface area contributed by atoms with Gasteiger partial charge in [-0.15, -0.1) is 0 Å². The summed E-state index contributed by atoms with van der Waals surface area (Å²) in [7, 11) is 0. The summed E-state index contributed by atoms with van der Waals surface area (Å²) in [6, 6.07) is 0. The van der Waals surface area contributed by atoms with Crippen LogP contribution in [0.3, 0.4) is 0 Å². The molecule has 3 heteroatoms. The molecule has 1 unspecified atom stereocenters. The van der Waals surface area contributed by atoms with Crippen LogP contribution >= 0.6 is 22.6 Å². The van der Waals surface area contributed by atoms with E-state index in [1.807, 2.05) is 0 Å². The number of hydrogen-bond donors (Lipinski definition) is 0. The number of halogens is 1. The highest BCUT2D eigenvalue weighted by Crippen LogP contribution is 2.16. The number of ether oxygens (including phenoxy) is 1. The summed E-state index contributed by atoms with van der Waals surface area (Å²) < 4.78 is 5.46. The summed E-state index contributed by atoms with van der Waals surface area (Å²) in [5.41, 5.74) is 0. The van der Waals surface area contributed by atoms with Gasteiger partial charge in [-0.1, -0.05) is 22.6 Å². The van der Waals surface area contributed by atoms with Crippen LogP contribution in [0, 0.1) is 0 Å². The van der Waals surface area contributed by atoms with Gasteiger partial charge in [0.15, 0.2) is 0 Å². The first kappa shape index (κ1) is 7.31. The highest BCUT2D eigenvalue weighted by Gasteiger charge is 2.13. The Morgan fingerprint density at radius 3 is 3.11 bits per heavy atom. The average molecular weight is 240 g/mol. The smallest absolute Gasteiger partial charge is 0.305 e. The number of hydrogen-bond acceptors (Lipinski definition) is 2. The summed E-state index contributed by atoms with van der Waals surface area (Å²) in [4.78, 5) is 10.6. The second kappa shape index (κ2) is 3.39. The number of carbonyl (C=O) groups excluding carboxylic acids is 1. The van der Waals surface area contributed by atoms with E-state index >= 15 is 0 Å². The van der Waals surface area contributed by atoms with Gasteiger partial charge in [0.05, 0.1) is 6.61 Å². The Balaban J connectivity index is 2.34. The number of cyclic esters (lactones) is 1. The van der Waals surface area contributed by atoms with Gasteiger partial charge in [-0.2, -0.15) is 0 Å². The molecule has 9 heavy (non-hydrogen) atoms. The molecule has 1 saturated heterocycles.